The summed E-state index contributed by atoms with van der Waals surface area (Å²) >= 11 is 1.71. The third kappa shape index (κ3) is 3.25. The van der Waals surface area contributed by atoms with Crippen molar-refractivity contribution in [1.82, 2.24) is 5.32 Å². The van der Waals surface area contributed by atoms with E-state index in [1.54, 1.807) is 11.8 Å². The van der Waals surface area contributed by atoms with Crippen molar-refractivity contribution in [3.63, 3.8) is 0 Å². The zero-order valence-electron chi connectivity index (χ0n) is 10.5. The summed E-state index contributed by atoms with van der Waals surface area (Å²) in [4.78, 5) is 13.1. The van der Waals surface area contributed by atoms with Crippen LogP contribution in [0.1, 0.15) is 30.4 Å². The van der Waals surface area contributed by atoms with Gasteiger partial charge in [0.1, 0.15) is 0 Å². The van der Waals surface area contributed by atoms with E-state index in [1.165, 1.54) is 16.0 Å². The second-order valence-corrected chi connectivity index (χ2v) is 5.91. The molecule has 0 spiro atoms. The predicted molar refractivity (Wildman–Crippen MR) is 72.4 cm³/mol. The first kappa shape index (κ1) is 12.5. The number of benzene rings is 1. The van der Waals surface area contributed by atoms with E-state index >= 15 is 0 Å². The molecule has 1 aromatic carbocycles. The third-order valence-electron chi connectivity index (χ3n) is 3.10. The van der Waals surface area contributed by atoms with Crippen molar-refractivity contribution in [3.05, 3.63) is 29.3 Å². The van der Waals surface area contributed by atoms with Crippen molar-refractivity contribution < 1.29 is 4.79 Å². The summed E-state index contributed by atoms with van der Waals surface area (Å²) in [5.74, 6) is 0.202. The van der Waals surface area contributed by atoms with Gasteiger partial charge in [-0.1, -0.05) is 24.1 Å². The highest BCUT2D eigenvalue weighted by molar-refractivity contribution is 8.00. The highest BCUT2D eigenvalue weighted by Crippen LogP contribution is 2.31. The maximum Gasteiger partial charge on any atom is 0.233 e. The molecule has 92 valence electrons. The molecule has 1 atom stereocenters. The van der Waals surface area contributed by atoms with Gasteiger partial charge < -0.3 is 5.32 Å². The van der Waals surface area contributed by atoms with Crippen LogP contribution < -0.4 is 5.32 Å². The summed E-state index contributed by atoms with van der Waals surface area (Å²) < 4.78 is 0. The van der Waals surface area contributed by atoms with Gasteiger partial charge >= 0.3 is 0 Å². The van der Waals surface area contributed by atoms with E-state index in [4.69, 9.17) is 0 Å². The van der Waals surface area contributed by atoms with Gasteiger partial charge in [-0.05, 0) is 38.3 Å². The van der Waals surface area contributed by atoms with E-state index in [0.717, 1.165) is 25.8 Å². The maximum absolute atomic E-state index is 11.9. The van der Waals surface area contributed by atoms with Gasteiger partial charge in [0.2, 0.25) is 5.91 Å². The quantitative estimate of drug-likeness (QED) is 0.872. The molecule has 0 bridgehead atoms. The summed E-state index contributed by atoms with van der Waals surface area (Å²) in [6, 6.07) is 6.43. The van der Waals surface area contributed by atoms with Crippen LogP contribution in [-0.2, 0) is 4.79 Å². The zero-order chi connectivity index (χ0) is 12.3. The molecule has 1 aliphatic rings. The highest BCUT2D eigenvalue weighted by atomic mass is 32.2. The van der Waals surface area contributed by atoms with Crippen LogP contribution in [0.2, 0.25) is 0 Å². The standard InChI is InChI=1S/C14H19NOS/c1-10-6-7-11(2)13(9-10)17-12-5-3-4-8-15-14(12)16/h6-7,9,12H,3-5,8H2,1-2H3,(H,15,16)/t12-/m1/s1. The fraction of sp³-hybridized carbons (Fsp3) is 0.500. The minimum Gasteiger partial charge on any atom is -0.355 e. The normalized spacial score (nSPS) is 20.8. The van der Waals surface area contributed by atoms with Crippen LogP contribution in [0.4, 0.5) is 0 Å². The lowest BCUT2D eigenvalue weighted by molar-refractivity contribution is -0.120. The van der Waals surface area contributed by atoms with Gasteiger partial charge in [0.15, 0.2) is 0 Å². The summed E-state index contributed by atoms with van der Waals surface area (Å²) in [5, 5.41) is 3.07. The zero-order valence-corrected chi connectivity index (χ0v) is 11.3. The van der Waals surface area contributed by atoms with Gasteiger partial charge in [-0.3, -0.25) is 4.79 Å². The lowest BCUT2D eigenvalue weighted by Gasteiger charge is -2.14. The summed E-state index contributed by atoms with van der Waals surface area (Å²) in [6.07, 6.45) is 3.24. The van der Waals surface area contributed by atoms with Gasteiger partial charge in [0.05, 0.1) is 5.25 Å². The lowest BCUT2D eigenvalue weighted by Crippen LogP contribution is -2.30. The number of hydrogen-bond donors (Lipinski definition) is 1. The summed E-state index contributed by atoms with van der Waals surface area (Å²) in [7, 11) is 0. The number of aryl methyl sites for hydroxylation is 2. The Morgan fingerprint density at radius 3 is 2.94 bits per heavy atom. The van der Waals surface area contributed by atoms with Crippen LogP contribution in [0.5, 0.6) is 0 Å². The Morgan fingerprint density at radius 2 is 2.12 bits per heavy atom. The molecule has 1 amide bonds. The number of carbonyl (C=O) groups excluding carboxylic acids is 1. The van der Waals surface area contributed by atoms with Crippen molar-refractivity contribution in [1.29, 1.82) is 0 Å². The Hall–Kier alpha value is -0.960. The summed E-state index contributed by atoms with van der Waals surface area (Å²) in [5.41, 5.74) is 2.52. The number of nitrogens with one attached hydrogen (secondary N) is 1. The molecule has 1 heterocycles. The molecule has 1 aromatic rings. The Labute approximate surface area is 107 Å². The van der Waals surface area contributed by atoms with Crippen LogP contribution in [0.3, 0.4) is 0 Å². The Morgan fingerprint density at radius 1 is 1.29 bits per heavy atom. The molecule has 1 aliphatic heterocycles. The number of rotatable bonds is 2. The van der Waals surface area contributed by atoms with Gasteiger partial charge in [0, 0.05) is 11.4 Å². The number of thioether (sulfide) groups is 1. The molecule has 0 saturated carbocycles. The number of hydrogen-bond acceptors (Lipinski definition) is 2. The van der Waals surface area contributed by atoms with Gasteiger partial charge in [-0.2, -0.15) is 0 Å². The Balaban J connectivity index is 2.13. The van der Waals surface area contributed by atoms with E-state index in [9.17, 15) is 4.79 Å². The molecule has 0 aromatic heterocycles. The minimum absolute atomic E-state index is 0.0815. The van der Waals surface area contributed by atoms with Crippen LogP contribution in [0.15, 0.2) is 23.1 Å². The first-order valence-electron chi connectivity index (χ1n) is 6.18. The fourth-order valence-corrected chi connectivity index (χ4v) is 3.30. The van der Waals surface area contributed by atoms with Crippen molar-refractivity contribution in [3.8, 4) is 0 Å². The number of carbonyl (C=O) groups is 1. The van der Waals surface area contributed by atoms with Crippen molar-refractivity contribution in [2.45, 2.75) is 43.3 Å². The molecular formula is C14H19NOS. The molecule has 2 nitrogen and oxygen atoms in total. The Bertz CT molecular complexity index is 417. The van der Waals surface area contributed by atoms with Crippen LogP contribution in [0.25, 0.3) is 0 Å². The molecule has 17 heavy (non-hydrogen) atoms. The van der Waals surface area contributed by atoms with Crippen molar-refractivity contribution in [2.24, 2.45) is 0 Å². The van der Waals surface area contributed by atoms with Gasteiger partial charge in [0.25, 0.3) is 0 Å². The third-order valence-corrected chi connectivity index (χ3v) is 4.53. The Kier molecular flexibility index (Phi) is 4.11. The lowest BCUT2D eigenvalue weighted by atomic mass is 10.2. The molecule has 0 radical (unpaired) electrons. The van der Waals surface area contributed by atoms with Crippen LogP contribution >= 0.6 is 11.8 Å². The molecule has 1 fully saturated rings. The molecule has 1 N–H and O–H groups in total. The van der Waals surface area contributed by atoms with Crippen LogP contribution in [-0.4, -0.2) is 17.7 Å². The smallest absolute Gasteiger partial charge is 0.233 e. The fourth-order valence-electron chi connectivity index (χ4n) is 2.01. The maximum atomic E-state index is 11.9. The van der Waals surface area contributed by atoms with Crippen LogP contribution in [0, 0.1) is 13.8 Å². The predicted octanol–water partition coefficient (Wildman–Crippen LogP) is 3.06. The molecule has 0 aliphatic carbocycles. The minimum atomic E-state index is 0.0815. The van der Waals surface area contributed by atoms with E-state index in [0.29, 0.717) is 0 Å². The van der Waals surface area contributed by atoms with E-state index in [1.807, 2.05) is 0 Å². The molecule has 3 heteroatoms. The van der Waals surface area contributed by atoms with Crippen molar-refractivity contribution >= 4 is 17.7 Å². The van der Waals surface area contributed by atoms with Crippen molar-refractivity contribution in [2.75, 3.05) is 6.54 Å². The van der Waals surface area contributed by atoms with E-state index < -0.39 is 0 Å². The molecule has 0 unspecified atom stereocenters. The SMILES string of the molecule is Cc1ccc(C)c(S[C@@H]2CCCCNC2=O)c1. The van der Waals surface area contributed by atoms with E-state index in [2.05, 4.69) is 37.4 Å². The first-order chi connectivity index (χ1) is 8.16. The first-order valence-corrected chi connectivity index (χ1v) is 7.06. The molecular weight excluding hydrogens is 230 g/mol. The number of amides is 1. The second-order valence-electron chi connectivity index (χ2n) is 4.66. The molecule has 1 saturated heterocycles. The topological polar surface area (TPSA) is 29.1 Å². The monoisotopic (exact) mass is 249 g/mol. The van der Waals surface area contributed by atoms with Gasteiger partial charge in [-0.15, -0.1) is 11.8 Å². The average molecular weight is 249 g/mol. The average Bonchev–Trinajstić information content (AvgIpc) is 2.50. The second kappa shape index (κ2) is 5.58. The van der Waals surface area contributed by atoms with E-state index in [-0.39, 0.29) is 11.2 Å². The highest BCUT2D eigenvalue weighted by Gasteiger charge is 2.22. The molecule has 2 rings (SSSR count). The van der Waals surface area contributed by atoms with Gasteiger partial charge in [-0.25, -0.2) is 0 Å². The summed E-state index contributed by atoms with van der Waals surface area (Å²) in [6.45, 7) is 5.04. The largest absolute Gasteiger partial charge is 0.355 e.